The van der Waals surface area contributed by atoms with Crippen molar-refractivity contribution >= 4 is 6.03 Å². The molecule has 2 N–H and O–H groups in total. The van der Waals surface area contributed by atoms with Crippen LogP contribution in [-0.4, -0.2) is 12.6 Å². The fourth-order valence-electron chi connectivity index (χ4n) is 2.41. The maximum absolute atomic E-state index is 11.8. The molecular formula is C15H22N2O. The summed E-state index contributed by atoms with van der Waals surface area (Å²) in [6.07, 6.45) is 3.31. The minimum absolute atomic E-state index is 0.0506. The van der Waals surface area contributed by atoms with Crippen molar-refractivity contribution in [1.29, 1.82) is 0 Å². The van der Waals surface area contributed by atoms with E-state index < -0.39 is 0 Å². The first-order valence-electron chi connectivity index (χ1n) is 6.79. The fraction of sp³-hybridized carbons (Fsp3) is 0.533. The van der Waals surface area contributed by atoms with Gasteiger partial charge < -0.3 is 10.6 Å². The Bertz CT molecular complexity index is 415. The summed E-state index contributed by atoms with van der Waals surface area (Å²) >= 11 is 0. The number of hydrogen-bond acceptors (Lipinski definition) is 1. The molecule has 0 bridgehead atoms. The van der Waals surface area contributed by atoms with Crippen molar-refractivity contribution in [2.75, 3.05) is 6.54 Å². The molecule has 2 rings (SSSR count). The van der Waals surface area contributed by atoms with Crippen molar-refractivity contribution in [3.63, 3.8) is 0 Å². The summed E-state index contributed by atoms with van der Waals surface area (Å²) in [4.78, 5) is 11.8. The molecule has 0 spiro atoms. The predicted octanol–water partition coefficient (Wildman–Crippen LogP) is 3.02. The number of aryl methyl sites for hydroxylation is 1. The predicted molar refractivity (Wildman–Crippen MR) is 73.5 cm³/mol. The summed E-state index contributed by atoms with van der Waals surface area (Å²) in [7, 11) is 0. The van der Waals surface area contributed by atoms with Crippen molar-refractivity contribution in [3.8, 4) is 0 Å². The lowest BCUT2D eigenvalue weighted by Crippen LogP contribution is -2.40. The zero-order valence-electron chi connectivity index (χ0n) is 11.2. The van der Waals surface area contributed by atoms with E-state index in [0.717, 1.165) is 25.8 Å². The molecule has 0 radical (unpaired) electrons. The summed E-state index contributed by atoms with van der Waals surface area (Å²) in [5, 5.41) is 5.99. The van der Waals surface area contributed by atoms with Crippen LogP contribution in [0, 0.1) is 5.92 Å². The Morgan fingerprint density at radius 1 is 1.39 bits per heavy atom. The molecule has 18 heavy (non-hydrogen) atoms. The standard InChI is InChI=1S/C15H22N2O/c1-11(2)10-16-15(18)17-14-9-5-7-12-6-3-4-8-13(12)14/h3-4,6,8,11,14H,5,7,9-10H2,1-2H3,(H2,16,17,18). The number of amides is 2. The number of carbonyl (C=O) groups excluding carboxylic acids is 1. The van der Waals surface area contributed by atoms with Crippen molar-refractivity contribution in [2.45, 2.75) is 39.2 Å². The molecule has 1 aromatic rings. The average molecular weight is 246 g/mol. The molecule has 1 aliphatic rings. The number of rotatable bonds is 3. The lowest BCUT2D eigenvalue weighted by atomic mass is 9.88. The van der Waals surface area contributed by atoms with Crippen LogP contribution < -0.4 is 10.6 Å². The van der Waals surface area contributed by atoms with Crippen LogP contribution >= 0.6 is 0 Å². The molecule has 2 amide bonds. The van der Waals surface area contributed by atoms with E-state index in [1.807, 2.05) is 6.07 Å². The van der Waals surface area contributed by atoms with Gasteiger partial charge >= 0.3 is 6.03 Å². The molecule has 3 heteroatoms. The Labute approximate surface area is 109 Å². The van der Waals surface area contributed by atoms with Gasteiger partial charge in [0.1, 0.15) is 0 Å². The Hall–Kier alpha value is -1.51. The van der Waals surface area contributed by atoms with Gasteiger partial charge in [0, 0.05) is 6.54 Å². The van der Waals surface area contributed by atoms with Crippen LogP contribution in [-0.2, 0) is 6.42 Å². The normalized spacial score (nSPS) is 18.3. The number of hydrogen-bond donors (Lipinski definition) is 2. The van der Waals surface area contributed by atoms with Crippen LogP contribution in [0.1, 0.15) is 43.9 Å². The van der Waals surface area contributed by atoms with Gasteiger partial charge in [0.25, 0.3) is 0 Å². The molecule has 0 saturated carbocycles. The van der Waals surface area contributed by atoms with Crippen LogP contribution in [0.4, 0.5) is 4.79 Å². The van der Waals surface area contributed by atoms with Crippen molar-refractivity contribution < 1.29 is 4.79 Å². The van der Waals surface area contributed by atoms with Crippen LogP contribution in [0.15, 0.2) is 24.3 Å². The lowest BCUT2D eigenvalue weighted by molar-refractivity contribution is 0.234. The number of fused-ring (bicyclic) bond motifs is 1. The first-order valence-corrected chi connectivity index (χ1v) is 6.79. The molecule has 0 aromatic heterocycles. The zero-order chi connectivity index (χ0) is 13.0. The number of urea groups is 1. The Kier molecular flexibility index (Phi) is 4.24. The third kappa shape index (κ3) is 3.25. The molecule has 1 aliphatic carbocycles. The Morgan fingerprint density at radius 2 is 2.17 bits per heavy atom. The lowest BCUT2D eigenvalue weighted by Gasteiger charge is -2.26. The van der Waals surface area contributed by atoms with Crippen LogP contribution in [0.25, 0.3) is 0 Å². The van der Waals surface area contributed by atoms with Gasteiger partial charge in [-0.05, 0) is 36.3 Å². The van der Waals surface area contributed by atoms with Gasteiger partial charge in [-0.25, -0.2) is 4.79 Å². The van der Waals surface area contributed by atoms with Crippen molar-refractivity contribution in [3.05, 3.63) is 35.4 Å². The van der Waals surface area contributed by atoms with Gasteiger partial charge in [-0.3, -0.25) is 0 Å². The molecule has 1 unspecified atom stereocenters. The molecular weight excluding hydrogens is 224 g/mol. The highest BCUT2D eigenvalue weighted by Crippen LogP contribution is 2.29. The number of nitrogens with one attached hydrogen (secondary N) is 2. The van der Waals surface area contributed by atoms with E-state index in [-0.39, 0.29) is 12.1 Å². The molecule has 0 saturated heterocycles. The largest absolute Gasteiger partial charge is 0.338 e. The average Bonchev–Trinajstić information content (AvgIpc) is 2.37. The SMILES string of the molecule is CC(C)CNC(=O)NC1CCCc2ccccc21. The van der Waals surface area contributed by atoms with Crippen molar-refractivity contribution in [2.24, 2.45) is 5.92 Å². The summed E-state index contributed by atoms with van der Waals surface area (Å²) in [6, 6.07) is 8.52. The van der Waals surface area contributed by atoms with Gasteiger partial charge in [0.05, 0.1) is 6.04 Å². The highest BCUT2D eigenvalue weighted by molar-refractivity contribution is 5.74. The van der Waals surface area contributed by atoms with E-state index >= 15 is 0 Å². The van der Waals surface area contributed by atoms with E-state index in [9.17, 15) is 4.79 Å². The highest BCUT2D eigenvalue weighted by atomic mass is 16.2. The highest BCUT2D eigenvalue weighted by Gasteiger charge is 2.20. The van der Waals surface area contributed by atoms with E-state index in [0.29, 0.717) is 5.92 Å². The Balaban J connectivity index is 1.96. The van der Waals surface area contributed by atoms with E-state index in [1.165, 1.54) is 11.1 Å². The molecule has 1 aromatic carbocycles. The van der Waals surface area contributed by atoms with E-state index in [2.05, 4.69) is 42.7 Å². The molecule has 0 aliphatic heterocycles. The number of benzene rings is 1. The second-order valence-corrected chi connectivity index (χ2v) is 5.39. The maximum atomic E-state index is 11.8. The second-order valence-electron chi connectivity index (χ2n) is 5.39. The quantitative estimate of drug-likeness (QED) is 0.845. The number of carbonyl (C=O) groups is 1. The van der Waals surface area contributed by atoms with Gasteiger partial charge in [-0.2, -0.15) is 0 Å². The van der Waals surface area contributed by atoms with Gasteiger partial charge in [-0.1, -0.05) is 38.1 Å². The first-order chi connectivity index (χ1) is 8.66. The summed E-state index contributed by atoms with van der Waals surface area (Å²) < 4.78 is 0. The van der Waals surface area contributed by atoms with Crippen LogP contribution in [0.2, 0.25) is 0 Å². The topological polar surface area (TPSA) is 41.1 Å². The zero-order valence-corrected chi connectivity index (χ0v) is 11.2. The molecule has 3 nitrogen and oxygen atoms in total. The molecule has 0 heterocycles. The van der Waals surface area contributed by atoms with Crippen LogP contribution in [0.5, 0.6) is 0 Å². The fourth-order valence-corrected chi connectivity index (χ4v) is 2.41. The summed E-state index contributed by atoms with van der Waals surface area (Å²) in [6.45, 7) is 4.91. The van der Waals surface area contributed by atoms with E-state index in [4.69, 9.17) is 0 Å². The molecule has 98 valence electrons. The monoisotopic (exact) mass is 246 g/mol. The first kappa shape index (κ1) is 12.9. The maximum Gasteiger partial charge on any atom is 0.315 e. The van der Waals surface area contributed by atoms with E-state index in [1.54, 1.807) is 0 Å². The minimum Gasteiger partial charge on any atom is -0.338 e. The van der Waals surface area contributed by atoms with Crippen LogP contribution in [0.3, 0.4) is 0 Å². The smallest absolute Gasteiger partial charge is 0.315 e. The van der Waals surface area contributed by atoms with Gasteiger partial charge in [0.2, 0.25) is 0 Å². The van der Waals surface area contributed by atoms with Gasteiger partial charge in [0.15, 0.2) is 0 Å². The summed E-state index contributed by atoms with van der Waals surface area (Å²) in [5.74, 6) is 0.481. The second kappa shape index (κ2) is 5.89. The molecule has 1 atom stereocenters. The Morgan fingerprint density at radius 3 is 2.94 bits per heavy atom. The van der Waals surface area contributed by atoms with Crippen molar-refractivity contribution in [1.82, 2.24) is 10.6 Å². The van der Waals surface area contributed by atoms with Gasteiger partial charge in [-0.15, -0.1) is 0 Å². The third-order valence-electron chi connectivity index (χ3n) is 3.35. The summed E-state index contributed by atoms with van der Waals surface area (Å²) in [5.41, 5.74) is 2.65. The minimum atomic E-state index is -0.0506. The third-order valence-corrected chi connectivity index (χ3v) is 3.35. The molecule has 0 fully saturated rings.